The molecular formula is C13H18N6O2. The number of nitrogens with two attached hydrogens (primary N) is 1. The molecule has 1 amide bonds. The lowest BCUT2D eigenvalue weighted by Gasteiger charge is -2.07. The molecule has 0 saturated carbocycles. The number of carbonyl (C=O) groups is 1. The molecule has 112 valence electrons. The first kappa shape index (κ1) is 14.9. The Hall–Kier alpha value is -2.48. The molecule has 8 nitrogen and oxygen atoms in total. The molecule has 0 radical (unpaired) electrons. The average Bonchev–Trinajstić information content (AvgIpc) is 2.93. The lowest BCUT2D eigenvalue weighted by Crippen LogP contribution is -2.26. The molecular weight excluding hydrogens is 272 g/mol. The van der Waals surface area contributed by atoms with Crippen molar-refractivity contribution in [2.75, 3.05) is 26.0 Å². The first-order valence-corrected chi connectivity index (χ1v) is 6.56. The van der Waals surface area contributed by atoms with Crippen LogP contribution in [-0.4, -0.2) is 45.9 Å². The van der Waals surface area contributed by atoms with Crippen LogP contribution in [0.25, 0.3) is 0 Å². The summed E-state index contributed by atoms with van der Waals surface area (Å²) in [5, 5.41) is 10.7. The van der Waals surface area contributed by atoms with E-state index in [0.717, 1.165) is 5.82 Å². The van der Waals surface area contributed by atoms with Gasteiger partial charge < -0.3 is 20.4 Å². The van der Waals surface area contributed by atoms with E-state index in [1.807, 2.05) is 4.57 Å². The zero-order valence-corrected chi connectivity index (χ0v) is 11.8. The molecule has 2 rings (SSSR count). The van der Waals surface area contributed by atoms with Gasteiger partial charge in [-0.3, -0.25) is 4.79 Å². The molecule has 0 saturated heterocycles. The van der Waals surface area contributed by atoms with E-state index in [1.54, 1.807) is 25.6 Å². The lowest BCUT2D eigenvalue weighted by molar-refractivity contribution is 0.0953. The standard InChI is InChI=1S/C13H18N6O2/c1-21-7-6-19-9-17-18-12(19)4-5-15-13(20)10-2-3-11(14)16-8-10/h2-3,8-9H,4-7H2,1H3,(H2,14,16)(H,15,20). The SMILES string of the molecule is COCCn1cnnc1CCNC(=O)c1ccc(N)nc1. The summed E-state index contributed by atoms with van der Waals surface area (Å²) >= 11 is 0. The predicted molar refractivity (Wildman–Crippen MR) is 76.6 cm³/mol. The molecule has 21 heavy (non-hydrogen) atoms. The Morgan fingerprint density at radius 1 is 1.48 bits per heavy atom. The van der Waals surface area contributed by atoms with E-state index < -0.39 is 0 Å². The van der Waals surface area contributed by atoms with Gasteiger partial charge in [-0.15, -0.1) is 10.2 Å². The molecule has 0 aliphatic carbocycles. The van der Waals surface area contributed by atoms with Gasteiger partial charge in [0.1, 0.15) is 18.0 Å². The van der Waals surface area contributed by atoms with Crippen LogP contribution in [0, 0.1) is 0 Å². The van der Waals surface area contributed by atoms with E-state index in [-0.39, 0.29) is 5.91 Å². The van der Waals surface area contributed by atoms with Gasteiger partial charge in [0.2, 0.25) is 0 Å². The van der Waals surface area contributed by atoms with Crippen molar-refractivity contribution in [3.8, 4) is 0 Å². The van der Waals surface area contributed by atoms with Gasteiger partial charge in [0.15, 0.2) is 0 Å². The third-order valence-corrected chi connectivity index (χ3v) is 2.91. The number of nitrogen functional groups attached to an aromatic ring is 1. The molecule has 0 spiro atoms. The van der Waals surface area contributed by atoms with Gasteiger partial charge in [0.05, 0.1) is 12.2 Å². The number of nitrogens with zero attached hydrogens (tertiary/aromatic N) is 4. The summed E-state index contributed by atoms with van der Waals surface area (Å²) < 4.78 is 6.92. The zero-order valence-electron chi connectivity index (χ0n) is 11.8. The molecule has 0 aliphatic heterocycles. The number of pyridine rings is 1. The van der Waals surface area contributed by atoms with Crippen LogP contribution in [0.1, 0.15) is 16.2 Å². The molecule has 0 fully saturated rings. The highest BCUT2D eigenvalue weighted by Crippen LogP contribution is 2.01. The van der Waals surface area contributed by atoms with E-state index in [2.05, 4.69) is 20.5 Å². The van der Waals surface area contributed by atoms with Crippen molar-refractivity contribution in [2.45, 2.75) is 13.0 Å². The van der Waals surface area contributed by atoms with Crippen LogP contribution in [0.5, 0.6) is 0 Å². The second-order valence-corrected chi connectivity index (χ2v) is 4.41. The Balaban J connectivity index is 1.82. The Kier molecular flexibility index (Phi) is 5.22. The third kappa shape index (κ3) is 4.25. The second-order valence-electron chi connectivity index (χ2n) is 4.41. The molecule has 0 aliphatic rings. The van der Waals surface area contributed by atoms with Crippen LogP contribution < -0.4 is 11.1 Å². The van der Waals surface area contributed by atoms with Gasteiger partial charge >= 0.3 is 0 Å². The lowest BCUT2D eigenvalue weighted by atomic mass is 10.2. The van der Waals surface area contributed by atoms with Crippen LogP contribution in [0.3, 0.4) is 0 Å². The van der Waals surface area contributed by atoms with Crippen molar-refractivity contribution in [2.24, 2.45) is 0 Å². The maximum Gasteiger partial charge on any atom is 0.252 e. The summed E-state index contributed by atoms with van der Waals surface area (Å²) in [5.41, 5.74) is 5.95. The molecule has 0 bridgehead atoms. The first-order valence-electron chi connectivity index (χ1n) is 6.56. The van der Waals surface area contributed by atoms with Gasteiger partial charge in [-0.05, 0) is 12.1 Å². The number of aromatic nitrogens is 4. The van der Waals surface area contributed by atoms with Crippen LogP contribution >= 0.6 is 0 Å². The van der Waals surface area contributed by atoms with Crippen molar-refractivity contribution in [1.29, 1.82) is 0 Å². The van der Waals surface area contributed by atoms with Crippen LogP contribution in [0.2, 0.25) is 0 Å². The Morgan fingerprint density at radius 3 is 3.05 bits per heavy atom. The van der Waals surface area contributed by atoms with E-state index in [9.17, 15) is 4.79 Å². The fraction of sp³-hybridized carbons (Fsp3) is 0.385. The topological polar surface area (TPSA) is 108 Å². The summed E-state index contributed by atoms with van der Waals surface area (Å²) in [6.07, 6.45) is 3.70. The second kappa shape index (κ2) is 7.34. The molecule has 2 heterocycles. The van der Waals surface area contributed by atoms with E-state index >= 15 is 0 Å². The average molecular weight is 290 g/mol. The van der Waals surface area contributed by atoms with Crippen molar-refractivity contribution in [3.63, 3.8) is 0 Å². The molecule has 0 aromatic carbocycles. The monoisotopic (exact) mass is 290 g/mol. The summed E-state index contributed by atoms with van der Waals surface area (Å²) in [7, 11) is 1.64. The highest BCUT2D eigenvalue weighted by Gasteiger charge is 2.07. The Morgan fingerprint density at radius 2 is 2.33 bits per heavy atom. The molecule has 2 aromatic rings. The van der Waals surface area contributed by atoms with Crippen LogP contribution in [0.15, 0.2) is 24.7 Å². The number of carbonyl (C=O) groups excluding carboxylic acids is 1. The number of amides is 1. The number of rotatable bonds is 7. The van der Waals surface area contributed by atoms with Crippen molar-refractivity contribution in [3.05, 3.63) is 36.0 Å². The van der Waals surface area contributed by atoms with Crippen molar-refractivity contribution < 1.29 is 9.53 Å². The normalized spacial score (nSPS) is 10.5. The van der Waals surface area contributed by atoms with Gasteiger partial charge in [-0.25, -0.2) is 4.98 Å². The molecule has 0 unspecified atom stereocenters. The molecule has 8 heteroatoms. The zero-order chi connectivity index (χ0) is 15.1. The maximum absolute atomic E-state index is 11.9. The third-order valence-electron chi connectivity index (χ3n) is 2.91. The Labute approximate surface area is 122 Å². The van der Waals surface area contributed by atoms with Gasteiger partial charge in [0.25, 0.3) is 5.91 Å². The predicted octanol–water partition coefficient (Wildman–Crippen LogP) is -0.126. The van der Waals surface area contributed by atoms with Gasteiger partial charge in [-0.2, -0.15) is 0 Å². The largest absolute Gasteiger partial charge is 0.384 e. The van der Waals surface area contributed by atoms with E-state index in [1.165, 1.54) is 6.20 Å². The summed E-state index contributed by atoms with van der Waals surface area (Å²) in [5.74, 6) is 1.01. The minimum Gasteiger partial charge on any atom is -0.384 e. The fourth-order valence-corrected chi connectivity index (χ4v) is 1.78. The summed E-state index contributed by atoms with van der Waals surface area (Å²) in [6, 6.07) is 3.23. The number of anilines is 1. The van der Waals surface area contributed by atoms with Gasteiger partial charge in [-0.1, -0.05) is 0 Å². The van der Waals surface area contributed by atoms with E-state index in [4.69, 9.17) is 10.5 Å². The molecule has 2 aromatic heterocycles. The first-order chi connectivity index (χ1) is 10.2. The van der Waals surface area contributed by atoms with Crippen LogP contribution in [0.4, 0.5) is 5.82 Å². The quantitative estimate of drug-likeness (QED) is 0.735. The Bertz CT molecular complexity index is 581. The highest BCUT2D eigenvalue weighted by atomic mass is 16.5. The summed E-state index contributed by atoms with van der Waals surface area (Å²) in [4.78, 5) is 15.8. The maximum atomic E-state index is 11.9. The van der Waals surface area contributed by atoms with Crippen molar-refractivity contribution in [1.82, 2.24) is 25.1 Å². The number of ether oxygens (including phenoxy) is 1. The van der Waals surface area contributed by atoms with E-state index in [0.29, 0.717) is 37.5 Å². The fourth-order valence-electron chi connectivity index (χ4n) is 1.78. The number of hydrogen-bond donors (Lipinski definition) is 2. The van der Waals surface area contributed by atoms with Crippen molar-refractivity contribution >= 4 is 11.7 Å². The number of hydrogen-bond acceptors (Lipinski definition) is 6. The highest BCUT2D eigenvalue weighted by molar-refractivity contribution is 5.93. The minimum atomic E-state index is -0.189. The number of methoxy groups -OCH3 is 1. The number of nitrogens with one attached hydrogen (secondary N) is 1. The summed E-state index contributed by atoms with van der Waals surface area (Å²) in [6.45, 7) is 1.75. The smallest absolute Gasteiger partial charge is 0.252 e. The minimum absolute atomic E-state index is 0.189. The molecule has 3 N–H and O–H groups in total. The van der Waals surface area contributed by atoms with Gasteiger partial charge in [0, 0.05) is 32.8 Å². The molecule has 0 atom stereocenters. The van der Waals surface area contributed by atoms with Crippen LogP contribution in [-0.2, 0) is 17.7 Å².